The molecule has 0 radical (unpaired) electrons. The molecule has 4 N–H and O–H groups in total. The number of amides is 1. The second-order valence-corrected chi connectivity index (χ2v) is 6.66. The molecule has 0 saturated carbocycles. The second-order valence-electron chi connectivity index (χ2n) is 6.18. The first-order valence-electron chi connectivity index (χ1n) is 9.32. The zero-order valence-corrected chi connectivity index (χ0v) is 18.0. The summed E-state index contributed by atoms with van der Waals surface area (Å²) in [6, 6.07) is 6.60. The molecular formula is C21H28F3NO4S. The first kappa shape index (κ1) is 27.9. The quantitative estimate of drug-likeness (QED) is 0.445. The lowest BCUT2D eigenvalue weighted by Crippen LogP contribution is -2.28. The first-order valence-corrected chi connectivity index (χ1v) is 9.77. The van der Waals surface area contributed by atoms with Crippen molar-refractivity contribution in [3.63, 3.8) is 0 Å². The average molecular weight is 448 g/mol. The standard InChI is InChI=1S/C13H8F3NOS.C5H12O3.C3H8/c14-9-4-2-8(6-11(9)16)17-13(18)7-1-3-10(15)12(19)5-7;1-2-4(7)5(8)3-6;1-3-2/h1-6,19H,(H,17,18);4-8H,2-3H2,1H3;3H2,1-2H3. The van der Waals surface area contributed by atoms with Gasteiger partial charge >= 0.3 is 0 Å². The first-order chi connectivity index (χ1) is 14.1. The average Bonchev–Trinajstić information content (AvgIpc) is 2.72. The number of carbonyl (C=O) groups is 1. The van der Waals surface area contributed by atoms with Gasteiger partial charge in [-0.2, -0.15) is 0 Å². The van der Waals surface area contributed by atoms with Gasteiger partial charge in [-0.1, -0.05) is 27.2 Å². The van der Waals surface area contributed by atoms with Gasteiger partial charge in [-0.3, -0.25) is 4.79 Å². The van der Waals surface area contributed by atoms with Crippen molar-refractivity contribution >= 4 is 24.2 Å². The number of nitrogens with one attached hydrogen (secondary N) is 1. The number of halogens is 3. The Bertz CT molecular complexity index is 785. The van der Waals surface area contributed by atoms with Crippen molar-refractivity contribution in [2.75, 3.05) is 11.9 Å². The Labute approximate surface area is 180 Å². The van der Waals surface area contributed by atoms with Crippen LogP contribution in [-0.2, 0) is 0 Å². The fraction of sp³-hybridized carbons (Fsp3) is 0.381. The van der Waals surface area contributed by atoms with Gasteiger partial charge in [-0.05, 0) is 36.8 Å². The zero-order chi connectivity index (χ0) is 23.3. The molecule has 2 atom stereocenters. The highest BCUT2D eigenvalue weighted by molar-refractivity contribution is 7.80. The summed E-state index contributed by atoms with van der Waals surface area (Å²) < 4.78 is 38.7. The van der Waals surface area contributed by atoms with Crippen LogP contribution in [0.15, 0.2) is 41.3 Å². The molecule has 0 aliphatic rings. The molecule has 2 rings (SSSR count). The predicted octanol–water partition coefficient (Wildman–Crippen LogP) is 4.17. The summed E-state index contributed by atoms with van der Waals surface area (Å²) in [5.74, 6) is -3.18. The third kappa shape index (κ3) is 10.1. The van der Waals surface area contributed by atoms with Crippen LogP contribution >= 0.6 is 12.6 Å². The topological polar surface area (TPSA) is 89.8 Å². The highest BCUT2D eigenvalue weighted by Crippen LogP contribution is 2.17. The van der Waals surface area contributed by atoms with Crippen molar-refractivity contribution in [3.8, 4) is 0 Å². The van der Waals surface area contributed by atoms with E-state index in [9.17, 15) is 18.0 Å². The SMILES string of the molecule is CCC.CCC(O)C(O)CO.O=C(Nc1ccc(F)c(F)c1)c1ccc(F)c(S)c1. The van der Waals surface area contributed by atoms with E-state index in [0.29, 0.717) is 6.42 Å². The van der Waals surface area contributed by atoms with Crippen LogP contribution in [0.4, 0.5) is 18.9 Å². The lowest BCUT2D eigenvalue weighted by molar-refractivity contribution is -0.0151. The van der Waals surface area contributed by atoms with E-state index in [4.69, 9.17) is 15.3 Å². The van der Waals surface area contributed by atoms with E-state index in [1.807, 2.05) is 0 Å². The molecule has 1 amide bonds. The van der Waals surface area contributed by atoms with E-state index in [2.05, 4.69) is 31.8 Å². The number of benzene rings is 2. The highest BCUT2D eigenvalue weighted by atomic mass is 32.1. The molecule has 0 aliphatic heterocycles. The van der Waals surface area contributed by atoms with Gasteiger partial charge in [0.05, 0.1) is 12.7 Å². The Morgan fingerprint density at radius 1 is 0.967 bits per heavy atom. The summed E-state index contributed by atoms with van der Waals surface area (Å²) in [6.07, 6.45) is -0.0261. The summed E-state index contributed by atoms with van der Waals surface area (Å²) in [5, 5.41) is 27.9. The van der Waals surface area contributed by atoms with E-state index in [1.165, 1.54) is 24.6 Å². The smallest absolute Gasteiger partial charge is 0.255 e. The van der Waals surface area contributed by atoms with Crippen LogP contribution in [0.25, 0.3) is 0 Å². The minimum Gasteiger partial charge on any atom is -0.394 e. The number of rotatable bonds is 5. The van der Waals surface area contributed by atoms with E-state index in [-0.39, 0.29) is 22.8 Å². The minimum atomic E-state index is -1.06. The largest absolute Gasteiger partial charge is 0.394 e. The zero-order valence-electron chi connectivity index (χ0n) is 17.1. The Hall–Kier alpha value is -2.07. The molecule has 0 aromatic heterocycles. The molecule has 0 saturated heterocycles. The van der Waals surface area contributed by atoms with Crippen LogP contribution in [-0.4, -0.2) is 40.0 Å². The molecule has 9 heteroatoms. The molecule has 0 fully saturated rings. The molecule has 0 heterocycles. The van der Waals surface area contributed by atoms with Crippen LogP contribution in [0.3, 0.4) is 0 Å². The summed E-state index contributed by atoms with van der Waals surface area (Å²) >= 11 is 3.85. The van der Waals surface area contributed by atoms with Crippen LogP contribution < -0.4 is 5.32 Å². The molecule has 2 aromatic rings. The predicted molar refractivity (Wildman–Crippen MR) is 113 cm³/mol. The number of aliphatic hydroxyl groups is 3. The summed E-state index contributed by atoms with van der Waals surface area (Å²) in [5.41, 5.74) is 0.269. The maximum Gasteiger partial charge on any atom is 0.255 e. The van der Waals surface area contributed by atoms with Crippen molar-refractivity contribution in [2.24, 2.45) is 0 Å². The van der Waals surface area contributed by atoms with Crippen LogP contribution in [0.5, 0.6) is 0 Å². The van der Waals surface area contributed by atoms with Gasteiger partial charge in [-0.15, -0.1) is 12.6 Å². The molecular weight excluding hydrogens is 419 g/mol. The van der Waals surface area contributed by atoms with Gasteiger partial charge in [-0.25, -0.2) is 13.2 Å². The van der Waals surface area contributed by atoms with Crippen molar-refractivity contribution in [1.29, 1.82) is 0 Å². The maximum atomic E-state index is 13.0. The van der Waals surface area contributed by atoms with Gasteiger partial charge in [0.2, 0.25) is 0 Å². The molecule has 0 spiro atoms. The van der Waals surface area contributed by atoms with Crippen molar-refractivity contribution in [2.45, 2.75) is 50.7 Å². The van der Waals surface area contributed by atoms with E-state index in [0.717, 1.165) is 18.2 Å². The lowest BCUT2D eigenvalue weighted by atomic mass is 10.2. The highest BCUT2D eigenvalue weighted by Gasteiger charge is 2.11. The third-order valence-electron chi connectivity index (χ3n) is 3.44. The number of hydrogen-bond acceptors (Lipinski definition) is 5. The fourth-order valence-electron chi connectivity index (χ4n) is 1.82. The van der Waals surface area contributed by atoms with Gasteiger partial charge < -0.3 is 20.6 Å². The Morgan fingerprint density at radius 2 is 1.53 bits per heavy atom. The van der Waals surface area contributed by atoms with Crippen LogP contribution in [0.2, 0.25) is 0 Å². The normalized spacial score (nSPS) is 11.9. The Morgan fingerprint density at radius 3 is 1.97 bits per heavy atom. The van der Waals surface area contributed by atoms with Gasteiger partial charge in [0.15, 0.2) is 11.6 Å². The minimum absolute atomic E-state index is 0.0259. The summed E-state index contributed by atoms with van der Waals surface area (Å²) in [7, 11) is 0. The van der Waals surface area contributed by atoms with Crippen molar-refractivity contribution in [1.82, 2.24) is 0 Å². The molecule has 30 heavy (non-hydrogen) atoms. The monoisotopic (exact) mass is 447 g/mol. The fourth-order valence-corrected chi connectivity index (χ4v) is 2.04. The number of aliphatic hydroxyl groups excluding tert-OH is 3. The van der Waals surface area contributed by atoms with E-state index in [1.54, 1.807) is 6.92 Å². The lowest BCUT2D eigenvalue weighted by Gasteiger charge is -2.11. The molecule has 5 nitrogen and oxygen atoms in total. The third-order valence-corrected chi connectivity index (χ3v) is 3.78. The number of anilines is 1. The van der Waals surface area contributed by atoms with Crippen LogP contribution in [0.1, 0.15) is 44.0 Å². The van der Waals surface area contributed by atoms with Crippen molar-refractivity contribution in [3.05, 3.63) is 59.4 Å². The number of hydrogen-bond donors (Lipinski definition) is 5. The van der Waals surface area contributed by atoms with Gasteiger partial charge in [0.1, 0.15) is 11.9 Å². The van der Waals surface area contributed by atoms with Crippen molar-refractivity contribution < 1.29 is 33.3 Å². The molecule has 2 unspecified atom stereocenters. The summed E-state index contributed by atoms with van der Waals surface area (Å²) in [4.78, 5) is 11.8. The van der Waals surface area contributed by atoms with Gasteiger partial charge in [0.25, 0.3) is 5.91 Å². The number of thiol groups is 1. The van der Waals surface area contributed by atoms with Crippen LogP contribution in [0, 0.1) is 17.5 Å². The maximum absolute atomic E-state index is 13.0. The Kier molecular flexibility index (Phi) is 13.8. The molecule has 0 bridgehead atoms. The summed E-state index contributed by atoms with van der Waals surface area (Å²) in [6.45, 7) is 5.62. The Balaban J connectivity index is 0.000000641. The molecule has 168 valence electrons. The second kappa shape index (κ2) is 14.8. The van der Waals surface area contributed by atoms with E-state index >= 15 is 0 Å². The molecule has 2 aromatic carbocycles. The van der Waals surface area contributed by atoms with Gasteiger partial charge in [0, 0.05) is 22.2 Å². The molecule has 0 aliphatic carbocycles. The number of carbonyl (C=O) groups excluding carboxylic acids is 1. The van der Waals surface area contributed by atoms with E-state index < -0.39 is 35.6 Å².